The summed E-state index contributed by atoms with van der Waals surface area (Å²) in [5.74, 6) is -1.91. The van der Waals surface area contributed by atoms with Crippen LogP contribution in [0.1, 0.15) is 51.7 Å². The molecule has 4 rings (SSSR count). The highest BCUT2D eigenvalue weighted by atomic mass is 15.3. The Bertz CT molecular complexity index is 1230. The average molecular weight is 316 g/mol. The summed E-state index contributed by atoms with van der Waals surface area (Å²) < 4.78 is 83.0. The zero-order valence-electron chi connectivity index (χ0n) is 21.9. The van der Waals surface area contributed by atoms with Crippen LogP contribution in [0.15, 0.2) is 30.9 Å². The van der Waals surface area contributed by atoms with Crippen LogP contribution in [0.5, 0.6) is 0 Å². The Morgan fingerprint density at radius 1 is 1.57 bits per heavy atom. The van der Waals surface area contributed by atoms with E-state index in [1.54, 1.807) is 0 Å². The second-order valence-electron chi connectivity index (χ2n) is 4.91. The van der Waals surface area contributed by atoms with Gasteiger partial charge in [-0.3, -0.25) is 4.68 Å². The Kier molecular flexibility index (Phi) is 1.73. The summed E-state index contributed by atoms with van der Waals surface area (Å²) in [6, 6.07) is -1.70. The van der Waals surface area contributed by atoms with E-state index < -0.39 is 31.1 Å². The lowest BCUT2D eigenvalue weighted by Crippen LogP contribution is -2.17. The maximum atomic E-state index is 9.51. The topological polar surface area (TPSA) is 83.2 Å². The molecule has 1 aromatic heterocycles. The van der Waals surface area contributed by atoms with Gasteiger partial charge in [0.05, 0.1) is 40.8 Å². The summed E-state index contributed by atoms with van der Waals surface area (Å²) in [5.41, 5.74) is 0.340. The van der Waals surface area contributed by atoms with E-state index in [4.69, 9.17) is 13.7 Å². The highest BCUT2D eigenvalue weighted by Gasteiger charge is 2.27. The van der Waals surface area contributed by atoms with Gasteiger partial charge in [-0.05, 0) is 24.7 Å². The van der Waals surface area contributed by atoms with Crippen molar-refractivity contribution in [2.75, 3.05) is 0 Å². The number of rotatable bonds is 4. The molecule has 1 saturated carbocycles. The van der Waals surface area contributed by atoms with Gasteiger partial charge >= 0.3 is 0 Å². The zero-order valence-corrected chi connectivity index (χ0v) is 11.9. The van der Waals surface area contributed by atoms with Gasteiger partial charge in [0.15, 0.2) is 5.82 Å². The average Bonchev–Trinajstić information content (AvgIpc) is 3.37. The fraction of sp³-hybridized carbons (Fsp3) is 0.412. The van der Waals surface area contributed by atoms with E-state index in [9.17, 15) is 5.26 Å². The standard InChI is InChI=1S/C17H18N6/c18-7-5-15(12-3-1-2-4-12)23-10-13(9-22-23)16-14-6-8-19-17(14)21-11-20-16/h6,8-12,15H,1-5H2,(H,19,20,21)/t15-/m0/s1/i3D2,4D2,5D2,6D,8D,11D,15D. The number of hydrogen-bond acceptors (Lipinski definition) is 4. The number of nitrogens with one attached hydrogen (secondary N) is 1. The minimum atomic E-state index is -3.04. The van der Waals surface area contributed by atoms with Gasteiger partial charge in [-0.25, -0.2) is 9.97 Å². The van der Waals surface area contributed by atoms with Gasteiger partial charge in [0.1, 0.15) is 1.37 Å². The molecule has 3 aliphatic rings. The molecule has 1 fully saturated rings. The first-order valence-electron chi connectivity index (χ1n) is 12.0. The molecule has 0 spiro atoms. The first kappa shape index (κ1) is 6.83. The Balaban J connectivity index is 1.94. The molecular weight excluding hydrogens is 288 g/mol. The van der Waals surface area contributed by atoms with Gasteiger partial charge in [0, 0.05) is 31.7 Å². The first-order chi connectivity index (χ1) is 15.2. The summed E-state index contributed by atoms with van der Waals surface area (Å²) >= 11 is 0. The van der Waals surface area contributed by atoms with Crippen molar-refractivity contribution in [3.05, 3.63) is 30.9 Å². The normalized spacial score (nSPS) is 29.3. The number of H-pyrrole nitrogens is 1. The fourth-order valence-corrected chi connectivity index (χ4v) is 2.52. The second kappa shape index (κ2) is 5.84. The smallest absolute Gasteiger partial charge is 0.162 e. The van der Waals surface area contributed by atoms with E-state index in [-0.39, 0.29) is 54.0 Å². The van der Waals surface area contributed by atoms with Crippen molar-refractivity contribution >= 4 is 0 Å². The molecular formula is C17H18N6. The Hall–Kier alpha value is -2.68. The highest BCUT2D eigenvalue weighted by Crippen LogP contribution is 2.37. The van der Waals surface area contributed by atoms with Gasteiger partial charge in [-0.1, -0.05) is 12.8 Å². The van der Waals surface area contributed by atoms with Crippen LogP contribution >= 0.6 is 0 Å². The molecule has 0 saturated heterocycles. The number of aromatic nitrogens is 5. The third-order valence-electron chi connectivity index (χ3n) is 3.56. The van der Waals surface area contributed by atoms with Crippen LogP contribution in [-0.2, 0) is 0 Å². The number of hydrogen-bond donors (Lipinski definition) is 1. The molecule has 1 aliphatic carbocycles. The van der Waals surface area contributed by atoms with Crippen LogP contribution in [0.25, 0.3) is 22.6 Å². The lowest BCUT2D eigenvalue weighted by atomic mass is 9.96. The monoisotopic (exact) mass is 316 g/mol. The fourth-order valence-electron chi connectivity index (χ4n) is 2.52. The second-order valence-corrected chi connectivity index (χ2v) is 4.91. The summed E-state index contributed by atoms with van der Waals surface area (Å²) in [7, 11) is 0. The largest absolute Gasteiger partial charge is 0.345 e. The van der Waals surface area contributed by atoms with Crippen LogP contribution in [0.4, 0.5) is 0 Å². The molecule has 0 bridgehead atoms. The van der Waals surface area contributed by atoms with E-state index in [1.165, 1.54) is 6.07 Å². The van der Waals surface area contributed by atoms with Crippen molar-refractivity contribution < 1.29 is 13.7 Å². The number of aromatic amines is 1. The van der Waals surface area contributed by atoms with Crippen molar-refractivity contribution in [2.24, 2.45) is 5.92 Å². The molecule has 2 aliphatic heterocycles. The molecule has 1 atom stereocenters. The molecule has 116 valence electrons. The number of nitrogens with zero attached hydrogens (tertiary/aromatic N) is 5. The number of nitriles is 1. The van der Waals surface area contributed by atoms with E-state index in [2.05, 4.69) is 20.1 Å². The molecule has 1 N–H and O–H groups in total. The Morgan fingerprint density at radius 2 is 2.43 bits per heavy atom. The molecule has 0 radical (unpaired) electrons. The molecule has 6 nitrogen and oxygen atoms in total. The summed E-state index contributed by atoms with van der Waals surface area (Å²) in [6.45, 7) is 0. The molecule has 3 heterocycles. The molecule has 0 amide bonds. The minimum Gasteiger partial charge on any atom is -0.345 e. The maximum Gasteiger partial charge on any atom is 0.162 e. The molecule has 1 aromatic rings. The molecule has 23 heavy (non-hydrogen) atoms. The van der Waals surface area contributed by atoms with E-state index in [0.717, 1.165) is 17.1 Å². The summed E-state index contributed by atoms with van der Waals surface area (Å²) in [4.78, 5) is 10.3. The third-order valence-corrected chi connectivity index (χ3v) is 3.56. The van der Waals surface area contributed by atoms with Gasteiger partial charge < -0.3 is 4.98 Å². The summed E-state index contributed by atoms with van der Waals surface area (Å²) in [5, 5.41) is 13.5. The first-order valence-corrected chi connectivity index (χ1v) is 6.96. The number of fused-ring (bicyclic) bond motifs is 1. The maximum absolute atomic E-state index is 9.51. The zero-order chi connectivity index (χ0) is 24.6. The van der Waals surface area contributed by atoms with Gasteiger partial charge in [-0.2, -0.15) is 10.4 Å². The molecule has 0 aromatic carbocycles. The Labute approximate surface area is 148 Å². The predicted molar refractivity (Wildman–Crippen MR) is 85.5 cm³/mol. The molecule has 6 heteroatoms. The van der Waals surface area contributed by atoms with E-state index >= 15 is 0 Å². The van der Waals surface area contributed by atoms with Crippen LogP contribution in [-0.4, -0.2) is 24.7 Å². The highest BCUT2D eigenvalue weighted by molar-refractivity contribution is 5.77. The van der Waals surface area contributed by atoms with Crippen molar-refractivity contribution in [1.29, 1.82) is 5.26 Å². The minimum absolute atomic E-state index is 0.0375. The van der Waals surface area contributed by atoms with Gasteiger partial charge in [-0.15, -0.1) is 0 Å². The third kappa shape index (κ3) is 2.48. The van der Waals surface area contributed by atoms with Crippen LogP contribution in [0.2, 0.25) is 0 Å². The van der Waals surface area contributed by atoms with E-state index in [0.29, 0.717) is 0 Å². The van der Waals surface area contributed by atoms with Crippen LogP contribution < -0.4 is 0 Å². The SMILES string of the molecule is [2H]c1nc2nc([2H])c([2H])c-2c(-c2cnn([C@]([2H])(C3C([2H])([2H])CCC3([2H])[2H])C([2H])([2H])C#N)c2)[nH]1. The molecule has 0 unspecified atom stereocenters. The predicted octanol–water partition coefficient (Wildman–Crippen LogP) is 3.42. The van der Waals surface area contributed by atoms with Crippen molar-refractivity contribution in [2.45, 2.75) is 38.0 Å². The lowest BCUT2D eigenvalue weighted by molar-refractivity contribution is 0.315. The van der Waals surface area contributed by atoms with Crippen molar-refractivity contribution in [1.82, 2.24) is 24.7 Å². The quantitative estimate of drug-likeness (QED) is 0.799. The van der Waals surface area contributed by atoms with Gasteiger partial charge in [0.2, 0.25) is 0 Å². The van der Waals surface area contributed by atoms with Crippen molar-refractivity contribution in [3.8, 4) is 28.7 Å². The Morgan fingerprint density at radius 3 is 3.26 bits per heavy atom. The van der Waals surface area contributed by atoms with Gasteiger partial charge in [0.25, 0.3) is 0 Å². The van der Waals surface area contributed by atoms with E-state index in [1.807, 2.05) is 0 Å². The summed E-state index contributed by atoms with van der Waals surface area (Å²) in [6.07, 6.45) is -6.55. The van der Waals surface area contributed by atoms with Crippen LogP contribution in [0, 0.1) is 17.2 Å². The van der Waals surface area contributed by atoms with Crippen LogP contribution in [0.3, 0.4) is 0 Å². The van der Waals surface area contributed by atoms with Crippen molar-refractivity contribution in [3.63, 3.8) is 0 Å². The lowest BCUT2D eigenvalue weighted by Gasteiger charge is -2.21.